The number of hydrogen-bond donors (Lipinski definition) is 2. The van der Waals surface area contributed by atoms with E-state index in [0.29, 0.717) is 32.6 Å². The topological polar surface area (TPSA) is 78.7 Å². The van der Waals surface area contributed by atoms with E-state index >= 15 is 0 Å². The Hall–Kier alpha value is -1.30. The molecule has 2 aliphatic heterocycles. The number of urea groups is 1. The highest BCUT2D eigenvalue weighted by atomic mass is 16.2. The largest absolute Gasteiger partial charge is 0.339 e. The predicted molar refractivity (Wildman–Crippen MR) is 70.5 cm³/mol. The molecule has 0 radical (unpaired) electrons. The minimum atomic E-state index is -0.280. The molecule has 3 N–H and O–H groups in total. The Balaban J connectivity index is 1.58. The van der Waals surface area contributed by atoms with E-state index in [1.807, 2.05) is 9.80 Å². The van der Waals surface area contributed by atoms with Gasteiger partial charge in [0.15, 0.2) is 0 Å². The molecule has 0 aromatic rings. The monoisotopic (exact) mass is 266 g/mol. The van der Waals surface area contributed by atoms with Crippen LogP contribution >= 0.6 is 0 Å². The van der Waals surface area contributed by atoms with Gasteiger partial charge in [0.1, 0.15) is 0 Å². The Kier molecular flexibility index (Phi) is 3.12. The van der Waals surface area contributed by atoms with E-state index in [1.165, 1.54) is 0 Å². The molecular formula is C13H22N4O2. The van der Waals surface area contributed by atoms with Crippen molar-refractivity contribution in [1.82, 2.24) is 15.1 Å². The summed E-state index contributed by atoms with van der Waals surface area (Å²) >= 11 is 0. The van der Waals surface area contributed by atoms with Crippen LogP contribution in [0.25, 0.3) is 0 Å². The molecule has 0 aromatic carbocycles. The van der Waals surface area contributed by atoms with Gasteiger partial charge >= 0.3 is 6.03 Å². The normalized spacial score (nSPS) is 29.3. The number of hydrogen-bond acceptors (Lipinski definition) is 3. The molecular weight excluding hydrogens is 244 g/mol. The molecule has 3 amide bonds. The molecule has 1 aliphatic carbocycles. The molecule has 1 atom stereocenters. The van der Waals surface area contributed by atoms with E-state index in [9.17, 15) is 9.59 Å². The quantitative estimate of drug-likeness (QED) is 0.731. The van der Waals surface area contributed by atoms with Crippen LogP contribution in [-0.4, -0.2) is 59.5 Å². The second-order valence-corrected chi connectivity index (χ2v) is 6.12. The molecule has 19 heavy (non-hydrogen) atoms. The molecule has 2 heterocycles. The Morgan fingerprint density at radius 3 is 2.84 bits per heavy atom. The molecule has 0 spiro atoms. The summed E-state index contributed by atoms with van der Waals surface area (Å²) in [6.07, 6.45) is 4.66. The van der Waals surface area contributed by atoms with Crippen molar-refractivity contribution in [2.45, 2.75) is 43.7 Å². The lowest BCUT2D eigenvalue weighted by molar-refractivity contribution is -0.134. The van der Waals surface area contributed by atoms with Crippen LogP contribution in [0.2, 0.25) is 0 Å². The molecule has 1 saturated carbocycles. The van der Waals surface area contributed by atoms with Gasteiger partial charge in [-0.2, -0.15) is 0 Å². The Morgan fingerprint density at radius 1 is 1.37 bits per heavy atom. The van der Waals surface area contributed by atoms with E-state index in [2.05, 4.69) is 5.32 Å². The summed E-state index contributed by atoms with van der Waals surface area (Å²) in [5, 5.41) is 2.83. The molecule has 3 rings (SSSR count). The second-order valence-electron chi connectivity index (χ2n) is 6.12. The Labute approximate surface area is 113 Å². The van der Waals surface area contributed by atoms with Crippen LogP contribution in [0.15, 0.2) is 0 Å². The number of piperazine rings is 1. The van der Waals surface area contributed by atoms with E-state index in [-0.39, 0.29) is 23.5 Å². The highest BCUT2D eigenvalue weighted by molar-refractivity contribution is 5.80. The van der Waals surface area contributed by atoms with Gasteiger partial charge < -0.3 is 20.9 Å². The van der Waals surface area contributed by atoms with Crippen molar-refractivity contribution in [3.63, 3.8) is 0 Å². The Bertz CT molecular complexity index is 392. The average molecular weight is 266 g/mol. The van der Waals surface area contributed by atoms with Crippen molar-refractivity contribution in [3.8, 4) is 0 Å². The fourth-order valence-corrected chi connectivity index (χ4v) is 3.50. The minimum absolute atomic E-state index is 0.00295. The lowest BCUT2D eigenvalue weighted by atomic mass is 9.94. The number of rotatable bonds is 2. The van der Waals surface area contributed by atoms with Gasteiger partial charge in [0, 0.05) is 38.1 Å². The maximum atomic E-state index is 12.4. The predicted octanol–water partition coefficient (Wildman–Crippen LogP) is -0.116. The summed E-state index contributed by atoms with van der Waals surface area (Å²) < 4.78 is 0. The standard InChI is InChI=1S/C13H22N4O2/c14-13(3-1-2-4-13)7-11(18)16-5-6-17-10(9-16)8-15-12(17)19/h10H,1-9,14H2,(H,15,19). The van der Waals surface area contributed by atoms with Crippen molar-refractivity contribution in [3.05, 3.63) is 0 Å². The van der Waals surface area contributed by atoms with Crippen LogP contribution in [0, 0.1) is 0 Å². The van der Waals surface area contributed by atoms with Crippen molar-refractivity contribution in [2.24, 2.45) is 5.73 Å². The van der Waals surface area contributed by atoms with Gasteiger partial charge in [0.2, 0.25) is 5.91 Å². The van der Waals surface area contributed by atoms with Gasteiger partial charge in [-0.15, -0.1) is 0 Å². The zero-order valence-electron chi connectivity index (χ0n) is 11.2. The average Bonchev–Trinajstić information content (AvgIpc) is 2.96. The number of nitrogens with two attached hydrogens (primary N) is 1. The minimum Gasteiger partial charge on any atom is -0.339 e. The number of nitrogens with one attached hydrogen (secondary N) is 1. The molecule has 2 saturated heterocycles. The van der Waals surface area contributed by atoms with Crippen LogP contribution in [0.4, 0.5) is 4.79 Å². The smallest absolute Gasteiger partial charge is 0.317 e. The molecule has 6 heteroatoms. The number of nitrogens with zero attached hydrogens (tertiary/aromatic N) is 2. The van der Waals surface area contributed by atoms with E-state index in [1.54, 1.807) is 0 Å². The van der Waals surface area contributed by atoms with Crippen molar-refractivity contribution in [2.75, 3.05) is 26.2 Å². The van der Waals surface area contributed by atoms with E-state index in [4.69, 9.17) is 5.73 Å². The third-order valence-corrected chi connectivity index (χ3v) is 4.69. The van der Waals surface area contributed by atoms with Gasteiger partial charge in [-0.25, -0.2) is 4.79 Å². The second kappa shape index (κ2) is 4.67. The Morgan fingerprint density at radius 2 is 2.11 bits per heavy atom. The van der Waals surface area contributed by atoms with Gasteiger partial charge in [-0.05, 0) is 12.8 Å². The van der Waals surface area contributed by atoms with E-state index in [0.717, 1.165) is 25.7 Å². The van der Waals surface area contributed by atoms with Gasteiger partial charge in [-0.1, -0.05) is 12.8 Å². The van der Waals surface area contributed by atoms with Crippen molar-refractivity contribution >= 4 is 11.9 Å². The molecule has 106 valence electrons. The third-order valence-electron chi connectivity index (χ3n) is 4.69. The van der Waals surface area contributed by atoms with Crippen LogP contribution in [0.3, 0.4) is 0 Å². The lowest BCUT2D eigenvalue weighted by Gasteiger charge is -2.37. The van der Waals surface area contributed by atoms with Crippen LogP contribution in [0.1, 0.15) is 32.1 Å². The zero-order valence-corrected chi connectivity index (χ0v) is 11.2. The molecule has 0 bridgehead atoms. The van der Waals surface area contributed by atoms with Crippen molar-refractivity contribution < 1.29 is 9.59 Å². The summed E-state index contributed by atoms with van der Waals surface area (Å²) in [7, 11) is 0. The first kappa shape index (κ1) is 12.7. The number of amides is 3. The lowest BCUT2D eigenvalue weighted by Crippen LogP contribution is -2.55. The van der Waals surface area contributed by atoms with Crippen LogP contribution < -0.4 is 11.1 Å². The van der Waals surface area contributed by atoms with Crippen molar-refractivity contribution in [1.29, 1.82) is 0 Å². The SMILES string of the molecule is NC1(CC(=O)N2CCN3C(=O)NCC3C2)CCCC1. The maximum absolute atomic E-state index is 12.4. The first-order chi connectivity index (χ1) is 9.07. The number of carbonyl (C=O) groups is 2. The van der Waals surface area contributed by atoms with Gasteiger partial charge in [0.25, 0.3) is 0 Å². The fraction of sp³-hybridized carbons (Fsp3) is 0.846. The molecule has 3 fully saturated rings. The highest BCUT2D eigenvalue weighted by Crippen LogP contribution is 2.31. The first-order valence-electron chi connectivity index (χ1n) is 7.19. The highest BCUT2D eigenvalue weighted by Gasteiger charge is 2.39. The summed E-state index contributed by atoms with van der Waals surface area (Å²) in [5.74, 6) is 0.156. The van der Waals surface area contributed by atoms with Crippen LogP contribution in [-0.2, 0) is 4.79 Å². The van der Waals surface area contributed by atoms with Gasteiger partial charge in [0.05, 0.1) is 6.04 Å². The number of carbonyl (C=O) groups excluding carboxylic acids is 2. The fourth-order valence-electron chi connectivity index (χ4n) is 3.50. The third kappa shape index (κ3) is 2.41. The molecule has 0 aromatic heterocycles. The molecule has 3 aliphatic rings. The molecule has 1 unspecified atom stereocenters. The van der Waals surface area contributed by atoms with Crippen LogP contribution in [0.5, 0.6) is 0 Å². The molecule has 6 nitrogen and oxygen atoms in total. The number of fused-ring (bicyclic) bond motifs is 1. The van der Waals surface area contributed by atoms with Gasteiger partial charge in [-0.3, -0.25) is 4.79 Å². The summed E-state index contributed by atoms with van der Waals surface area (Å²) in [4.78, 5) is 27.6. The zero-order chi connectivity index (χ0) is 13.5. The summed E-state index contributed by atoms with van der Waals surface area (Å²) in [5.41, 5.74) is 5.99. The summed E-state index contributed by atoms with van der Waals surface area (Å²) in [6.45, 7) is 2.57. The summed E-state index contributed by atoms with van der Waals surface area (Å²) in [6, 6.07) is 0.144. The van der Waals surface area contributed by atoms with E-state index < -0.39 is 0 Å². The first-order valence-corrected chi connectivity index (χ1v) is 7.19. The maximum Gasteiger partial charge on any atom is 0.317 e.